The lowest BCUT2D eigenvalue weighted by Gasteiger charge is -2.59. The summed E-state index contributed by atoms with van der Waals surface area (Å²) in [6.07, 6.45) is 7.76. The average molecular weight is 910 g/mol. The Labute approximate surface area is 391 Å². The van der Waals surface area contributed by atoms with E-state index in [1.165, 1.54) is 31.4 Å². The van der Waals surface area contributed by atoms with Crippen molar-refractivity contribution in [3.05, 3.63) is 160 Å². The number of aliphatic hydroxyl groups excluding tert-OH is 2. The maximum absolute atomic E-state index is 15.2. The Morgan fingerprint density at radius 2 is 1.63 bits per heavy atom. The number of hydrogen-bond acceptors (Lipinski definition) is 11. The summed E-state index contributed by atoms with van der Waals surface area (Å²) in [5.41, 5.74) is 5.41. The topological polar surface area (TPSA) is 162 Å². The number of allylic oxidation sites excluding steroid dienone is 1. The van der Waals surface area contributed by atoms with Crippen molar-refractivity contribution in [2.75, 3.05) is 26.9 Å². The lowest BCUT2D eigenvalue weighted by atomic mass is 9.55. The van der Waals surface area contributed by atoms with Crippen LogP contribution in [0.5, 0.6) is 23.0 Å². The van der Waals surface area contributed by atoms with Crippen LogP contribution in [0.15, 0.2) is 133 Å². The fourth-order valence-electron chi connectivity index (χ4n) is 10.4. The van der Waals surface area contributed by atoms with Crippen LogP contribution in [0.3, 0.4) is 0 Å². The Hall–Kier alpha value is -6.54. The van der Waals surface area contributed by atoms with E-state index >= 15 is 4.79 Å². The zero-order valence-electron chi connectivity index (χ0n) is 38.3. The standard InChI is InChI=1S/C54H59N3O10/c1-5-29-64-54-50(56(34-39-16-12-15-37-13-6-7-17-44(37)39)53(60)66-41-23-20-40(21-24-41)57(61)62)33-48(55-63-4)46-31-38(14-8-10-27-58)45(18-9-11-28-59)51(52(46)54)47-32-43(25-26-49(47)67-54)65-42-22-19-35(2)36(3)30-42/h5-7,12-13,15-17,19-26,30-32,38,45,50-52,58-59H,1,8-11,14,18,27-29,33-34H2,2-4H3/t38-,45+,50-,51+,52+,54+/m0/s1. The van der Waals surface area contributed by atoms with Crippen LogP contribution in [0.25, 0.3) is 10.8 Å². The summed E-state index contributed by atoms with van der Waals surface area (Å²) < 4.78 is 27.4. The Balaban J connectivity index is 1.34. The Morgan fingerprint density at radius 1 is 0.910 bits per heavy atom. The van der Waals surface area contributed by atoms with Gasteiger partial charge in [0.15, 0.2) is 0 Å². The quantitative estimate of drug-likeness (QED) is 0.0353. The summed E-state index contributed by atoms with van der Waals surface area (Å²) in [5.74, 6) is -0.358. The minimum absolute atomic E-state index is 0.00802. The van der Waals surface area contributed by atoms with E-state index in [0.717, 1.165) is 64.3 Å². The summed E-state index contributed by atoms with van der Waals surface area (Å²) in [6, 6.07) is 30.3. The largest absolute Gasteiger partial charge is 0.459 e. The number of amides is 1. The number of ether oxygens (including phenoxy) is 4. The zero-order chi connectivity index (χ0) is 47.1. The van der Waals surface area contributed by atoms with E-state index in [1.807, 2.05) is 72.8 Å². The van der Waals surface area contributed by atoms with E-state index in [-0.39, 0.29) is 62.0 Å². The number of unbranched alkanes of at least 4 members (excludes halogenated alkanes) is 2. The molecule has 1 amide bonds. The van der Waals surface area contributed by atoms with Crippen molar-refractivity contribution in [3.8, 4) is 23.0 Å². The molecule has 2 N–H and O–H groups in total. The highest BCUT2D eigenvalue weighted by molar-refractivity contribution is 6.03. The van der Waals surface area contributed by atoms with Gasteiger partial charge < -0.3 is 34.0 Å². The highest BCUT2D eigenvalue weighted by atomic mass is 16.7. The fourth-order valence-corrected chi connectivity index (χ4v) is 10.4. The number of non-ortho nitro benzene ring substituents is 1. The number of nitro groups is 1. The second kappa shape index (κ2) is 21.0. The predicted octanol–water partition coefficient (Wildman–Crippen LogP) is 11.1. The molecule has 1 fully saturated rings. The number of fused-ring (bicyclic) bond motifs is 3. The summed E-state index contributed by atoms with van der Waals surface area (Å²) in [7, 11) is 1.51. The number of nitrogens with zero attached hydrogens (tertiary/aromatic N) is 3. The van der Waals surface area contributed by atoms with E-state index < -0.39 is 28.8 Å². The summed E-state index contributed by atoms with van der Waals surface area (Å²) in [6.45, 7) is 8.45. The molecule has 1 heterocycles. The van der Waals surface area contributed by atoms with Crippen molar-refractivity contribution in [1.82, 2.24) is 4.90 Å². The SMILES string of the molecule is C=CCO[C@@]12Oc3ccc(Oc4ccc(C)c(C)c4)cc3[C@H]3[C@H](CCCCO)[C@@H](CCCCO)C=C(C(=NOC)C[C@@H]1N(Cc1cccc4ccccc14)C(=O)Oc1ccc([N+](=O)[O-])cc1)[C@H]32. The van der Waals surface area contributed by atoms with Crippen LogP contribution in [-0.2, 0) is 16.1 Å². The molecular weight excluding hydrogens is 851 g/mol. The highest BCUT2D eigenvalue weighted by Crippen LogP contribution is 2.62. The normalized spacial score (nSPS) is 22.2. The number of carbonyl (C=O) groups is 1. The Kier molecular flexibility index (Phi) is 14.7. The molecular formula is C54H59N3O10. The number of oxime groups is 1. The van der Waals surface area contributed by atoms with Crippen molar-refractivity contribution in [1.29, 1.82) is 0 Å². The van der Waals surface area contributed by atoms with Gasteiger partial charge in [0.25, 0.3) is 5.69 Å². The van der Waals surface area contributed by atoms with Gasteiger partial charge in [-0.1, -0.05) is 78.7 Å². The van der Waals surface area contributed by atoms with Gasteiger partial charge in [0.05, 0.1) is 29.7 Å². The Bertz CT molecular complexity index is 2640. The van der Waals surface area contributed by atoms with E-state index in [0.29, 0.717) is 35.8 Å². The molecule has 0 unspecified atom stereocenters. The average Bonchev–Trinajstić information content (AvgIpc) is 3.33. The van der Waals surface area contributed by atoms with Crippen LogP contribution in [-0.4, -0.2) is 70.6 Å². The molecule has 350 valence electrons. The minimum atomic E-state index is -1.56. The van der Waals surface area contributed by atoms with Crippen LogP contribution < -0.4 is 14.2 Å². The molecule has 13 nitrogen and oxygen atoms in total. The number of carbonyl (C=O) groups excluding carboxylic acids is 1. The lowest BCUT2D eigenvalue weighted by molar-refractivity contribution is -0.384. The van der Waals surface area contributed by atoms with Gasteiger partial charge >= 0.3 is 6.09 Å². The van der Waals surface area contributed by atoms with Gasteiger partial charge in [-0.2, -0.15) is 0 Å². The van der Waals surface area contributed by atoms with Crippen molar-refractivity contribution in [2.24, 2.45) is 22.9 Å². The third-order valence-corrected chi connectivity index (χ3v) is 13.6. The Morgan fingerprint density at radius 3 is 2.36 bits per heavy atom. The van der Waals surface area contributed by atoms with E-state index in [4.69, 9.17) is 28.9 Å². The molecule has 1 aliphatic heterocycles. The van der Waals surface area contributed by atoms with E-state index in [9.17, 15) is 20.3 Å². The third-order valence-electron chi connectivity index (χ3n) is 13.6. The fraction of sp³-hybridized carbons (Fsp3) is 0.370. The van der Waals surface area contributed by atoms with E-state index in [2.05, 4.69) is 32.6 Å². The molecule has 2 aliphatic carbocycles. The third kappa shape index (κ3) is 9.81. The summed E-state index contributed by atoms with van der Waals surface area (Å²) >= 11 is 0. The molecule has 13 heteroatoms. The van der Waals surface area contributed by atoms with Gasteiger partial charge in [-0.25, -0.2) is 4.79 Å². The molecule has 67 heavy (non-hydrogen) atoms. The van der Waals surface area contributed by atoms with E-state index in [1.54, 1.807) is 11.0 Å². The minimum Gasteiger partial charge on any atom is -0.459 e. The van der Waals surface area contributed by atoms with Crippen LogP contribution in [0.1, 0.15) is 73.1 Å². The molecule has 1 saturated carbocycles. The molecule has 6 atom stereocenters. The predicted molar refractivity (Wildman–Crippen MR) is 257 cm³/mol. The molecule has 5 aromatic rings. The van der Waals surface area contributed by atoms with Gasteiger partial charge in [0.2, 0.25) is 5.79 Å². The van der Waals surface area contributed by atoms with Gasteiger partial charge in [0.1, 0.15) is 36.1 Å². The number of rotatable bonds is 19. The molecule has 5 aromatic carbocycles. The molecule has 0 radical (unpaired) electrons. The molecule has 0 saturated heterocycles. The second-order valence-corrected chi connectivity index (χ2v) is 17.7. The van der Waals surface area contributed by atoms with Crippen molar-refractivity contribution in [2.45, 2.75) is 83.1 Å². The molecule has 0 aromatic heterocycles. The van der Waals surface area contributed by atoms with Gasteiger partial charge in [-0.05, 0) is 127 Å². The summed E-state index contributed by atoms with van der Waals surface area (Å²) in [5, 5.41) is 38.2. The van der Waals surface area contributed by atoms with Gasteiger partial charge in [-0.15, -0.1) is 6.58 Å². The first-order valence-corrected chi connectivity index (χ1v) is 23.1. The monoisotopic (exact) mass is 909 g/mol. The van der Waals surface area contributed by atoms with Crippen LogP contribution in [0.4, 0.5) is 10.5 Å². The first-order valence-electron chi connectivity index (χ1n) is 23.1. The number of benzene rings is 5. The van der Waals surface area contributed by atoms with Crippen molar-refractivity contribution >= 4 is 28.3 Å². The first-order chi connectivity index (χ1) is 32.6. The number of aliphatic hydroxyl groups is 2. The van der Waals surface area contributed by atoms with Crippen molar-refractivity contribution < 1.29 is 43.7 Å². The molecule has 0 bridgehead atoms. The second-order valence-electron chi connectivity index (χ2n) is 17.7. The van der Waals surface area contributed by atoms with Crippen LogP contribution in [0.2, 0.25) is 0 Å². The molecule has 0 spiro atoms. The molecule has 3 aliphatic rings. The van der Waals surface area contributed by atoms with Gasteiger partial charge in [-0.3, -0.25) is 15.0 Å². The maximum atomic E-state index is 15.2. The van der Waals surface area contributed by atoms with Crippen LogP contribution >= 0.6 is 0 Å². The number of hydrogen-bond donors (Lipinski definition) is 2. The van der Waals surface area contributed by atoms with Crippen molar-refractivity contribution in [3.63, 3.8) is 0 Å². The highest BCUT2D eigenvalue weighted by Gasteiger charge is 2.66. The van der Waals surface area contributed by atoms with Crippen LogP contribution in [0, 0.1) is 41.7 Å². The van der Waals surface area contributed by atoms with Gasteiger partial charge in [0, 0.05) is 43.2 Å². The lowest BCUT2D eigenvalue weighted by Crippen LogP contribution is -2.70. The maximum Gasteiger partial charge on any atom is 0.416 e. The zero-order valence-corrected chi connectivity index (χ0v) is 38.3. The number of aryl methyl sites for hydroxylation is 2. The smallest absolute Gasteiger partial charge is 0.416 e. The first kappa shape index (κ1) is 47.0. The molecule has 8 rings (SSSR count). The summed E-state index contributed by atoms with van der Waals surface area (Å²) in [4.78, 5) is 33.6. The number of nitro benzene ring substituents is 1.